The first-order chi connectivity index (χ1) is 11.0. The van der Waals surface area contributed by atoms with Crippen molar-refractivity contribution in [1.82, 2.24) is 25.4 Å². The number of carbonyl (C=O) groups excluding carboxylic acids is 1. The van der Waals surface area contributed by atoms with Crippen LogP contribution in [0.5, 0.6) is 0 Å². The van der Waals surface area contributed by atoms with Gasteiger partial charge in [-0.05, 0) is 24.6 Å². The van der Waals surface area contributed by atoms with Crippen LogP contribution in [0.2, 0.25) is 5.02 Å². The molecule has 7 nitrogen and oxygen atoms in total. The molecule has 23 heavy (non-hydrogen) atoms. The second kappa shape index (κ2) is 7.89. The standard InChI is InChI=1S/C14H17ClFN5O2/c1-9(6-21-8-17-7-19-21)20-14(23)18-5-13(22)10-2-3-11(15)12(16)4-10/h2-4,7-9,13,22H,5-6H2,1H3,(H2,18,20,23)/t9-,13+/m0/s1. The Bertz CT molecular complexity index is 653. The highest BCUT2D eigenvalue weighted by Crippen LogP contribution is 2.19. The fraction of sp³-hybridized carbons (Fsp3) is 0.357. The van der Waals surface area contributed by atoms with Gasteiger partial charge in [-0.25, -0.2) is 14.2 Å². The van der Waals surface area contributed by atoms with Gasteiger partial charge < -0.3 is 15.7 Å². The fourth-order valence-electron chi connectivity index (χ4n) is 1.95. The number of aliphatic hydroxyl groups excluding tert-OH is 1. The molecule has 2 aromatic rings. The van der Waals surface area contributed by atoms with E-state index in [1.807, 2.05) is 6.92 Å². The van der Waals surface area contributed by atoms with Crippen LogP contribution in [-0.4, -0.2) is 38.5 Å². The predicted molar refractivity (Wildman–Crippen MR) is 82.4 cm³/mol. The summed E-state index contributed by atoms with van der Waals surface area (Å²) in [5.41, 5.74) is 0.336. The number of carbonyl (C=O) groups is 1. The van der Waals surface area contributed by atoms with E-state index >= 15 is 0 Å². The molecule has 0 radical (unpaired) electrons. The molecular weight excluding hydrogens is 325 g/mol. The number of aliphatic hydroxyl groups is 1. The first-order valence-electron chi connectivity index (χ1n) is 6.95. The highest BCUT2D eigenvalue weighted by molar-refractivity contribution is 6.30. The van der Waals surface area contributed by atoms with Crippen LogP contribution in [-0.2, 0) is 6.54 Å². The first-order valence-corrected chi connectivity index (χ1v) is 7.33. The Hall–Kier alpha value is -2.19. The summed E-state index contributed by atoms with van der Waals surface area (Å²) in [5, 5.41) is 19.1. The molecule has 3 N–H and O–H groups in total. The molecule has 0 bridgehead atoms. The van der Waals surface area contributed by atoms with Crippen LogP contribution in [0.4, 0.5) is 9.18 Å². The SMILES string of the molecule is C[C@@H](Cn1cncn1)NC(=O)NC[C@@H](O)c1ccc(Cl)c(F)c1. The van der Waals surface area contributed by atoms with Gasteiger partial charge in [0.1, 0.15) is 18.5 Å². The Balaban J connectivity index is 1.77. The maximum absolute atomic E-state index is 13.3. The van der Waals surface area contributed by atoms with E-state index in [4.69, 9.17) is 11.6 Å². The number of nitrogens with one attached hydrogen (secondary N) is 2. The van der Waals surface area contributed by atoms with Crippen molar-refractivity contribution in [1.29, 1.82) is 0 Å². The summed E-state index contributed by atoms with van der Waals surface area (Å²) in [4.78, 5) is 15.6. The van der Waals surface area contributed by atoms with E-state index in [1.54, 1.807) is 11.0 Å². The summed E-state index contributed by atoms with van der Waals surface area (Å²) in [5.74, 6) is -0.617. The largest absolute Gasteiger partial charge is 0.387 e. The van der Waals surface area contributed by atoms with E-state index in [-0.39, 0.29) is 17.6 Å². The molecule has 0 saturated heterocycles. The maximum atomic E-state index is 13.3. The number of hydrogen-bond donors (Lipinski definition) is 3. The van der Waals surface area contributed by atoms with Crippen LogP contribution in [0.15, 0.2) is 30.9 Å². The van der Waals surface area contributed by atoms with Crippen LogP contribution in [0.25, 0.3) is 0 Å². The van der Waals surface area contributed by atoms with Gasteiger partial charge in [-0.1, -0.05) is 17.7 Å². The average Bonchev–Trinajstić information content (AvgIpc) is 3.00. The van der Waals surface area contributed by atoms with Gasteiger partial charge in [-0.15, -0.1) is 0 Å². The number of benzene rings is 1. The smallest absolute Gasteiger partial charge is 0.315 e. The van der Waals surface area contributed by atoms with Crippen LogP contribution in [0.1, 0.15) is 18.6 Å². The van der Waals surface area contributed by atoms with Gasteiger partial charge in [-0.3, -0.25) is 4.68 Å². The molecule has 1 aromatic heterocycles. The maximum Gasteiger partial charge on any atom is 0.315 e. The van der Waals surface area contributed by atoms with Gasteiger partial charge >= 0.3 is 6.03 Å². The normalized spacial score (nSPS) is 13.4. The van der Waals surface area contributed by atoms with E-state index < -0.39 is 18.0 Å². The average molecular weight is 342 g/mol. The van der Waals surface area contributed by atoms with E-state index in [0.717, 1.165) is 6.07 Å². The summed E-state index contributed by atoms with van der Waals surface area (Å²) >= 11 is 5.58. The van der Waals surface area contributed by atoms with Crippen LogP contribution in [0, 0.1) is 5.82 Å². The summed E-state index contributed by atoms with van der Waals surface area (Å²) in [6.07, 6.45) is 1.93. The van der Waals surface area contributed by atoms with Crippen LogP contribution >= 0.6 is 11.6 Å². The molecule has 124 valence electrons. The topological polar surface area (TPSA) is 92.1 Å². The third-order valence-corrected chi connectivity index (χ3v) is 3.40. The Kier molecular flexibility index (Phi) is 5.89. The molecule has 0 unspecified atom stereocenters. The number of amides is 2. The van der Waals surface area contributed by atoms with Crippen molar-refractivity contribution in [3.05, 3.63) is 47.3 Å². The zero-order chi connectivity index (χ0) is 16.8. The molecule has 0 aliphatic carbocycles. The van der Waals surface area contributed by atoms with Gasteiger partial charge in [0.25, 0.3) is 0 Å². The molecule has 2 rings (SSSR count). The molecular formula is C14H17ClFN5O2. The lowest BCUT2D eigenvalue weighted by Gasteiger charge is -2.16. The van der Waals surface area contributed by atoms with Crippen molar-refractivity contribution < 1.29 is 14.3 Å². The molecule has 2 amide bonds. The van der Waals surface area contributed by atoms with Gasteiger partial charge in [0.15, 0.2) is 0 Å². The number of aromatic nitrogens is 3. The molecule has 1 heterocycles. The van der Waals surface area contributed by atoms with Gasteiger partial charge in [-0.2, -0.15) is 5.10 Å². The van der Waals surface area contributed by atoms with Crippen molar-refractivity contribution >= 4 is 17.6 Å². The number of hydrogen-bond acceptors (Lipinski definition) is 4. The highest BCUT2D eigenvalue weighted by Gasteiger charge is 2.13. The molecule has 0 spiro atoms. The summed E-state index contributed by atoms with van der Waals surface area (Å²) in [6, 6.07) is 3.38. The van der Waals surface area contributed by atoms with Crippen LogP contribution in [0.3, 0.4) is 0 Å². The minimum Gasteiger partial charge on any atom is -0.387 e. The van der Waals surface area contributed by atoms with Crippen molar-refractivity contribution in [2.24, 2.45) is 0 Å². The number of urea groups is 1. The minimum atomic E-state index is -1.03. The lowest BCUT2D eigenvalue weighted by atomic mass is 10.1. The molecule has 1 aromatic carbocycles. The van der Waals surface area contributed by atoms with Crippen molar-refractivity contribution in [3.8, 4) is 0 Å². The van der Waals surface area contributed by atoms with E-state index in [2.05, 4.69) is 20.7 Å². The zero-order valence-corrected chi connectivity index (χ0v) is 13.2. The Morgan fingerprint density at radius 3 is 2.96 bits per heavy atom. The van der Waals surface area contributed by atoms with E-state index in [9.17, 15) is 14.3 Å². The third-order valence-electron chi connectivity index (χ3n) is 3.09. The number of nitrogens with zero attached hydrogens (tertiary/aromatic N) is 3. The second-order valence-corrected chi connectivity index (χ2v) is 5.47. The molecule has 0 aliphatic rings. The van der Waals surface area contributed by atoms with Crippen molar-refractivity contribution in [2.45, 2.75) is 25.6 Å². The molecule has 0 saturated carbocycles. The summed E-state index contributed by atoms with van der Waals surface area (Å²) in [7, 11) is 0. The van der Waals surface area contributed by atoms with E-state index in [0.29, 0.717) is 12.1 Å². The van der Waals surface area contributed by atoms with Gasteiger partial charge in [0.2, 0.25) is 0 Å². The van der Waals surface area contributed by atoms with Crippen molar-refractivity contribution in [3.63, 3.8) is 0 Å². The Morgan fingerprint density at radius 1 is 1.52 bits per heavy atom. The Labute approximate surface area is 137 Å². The molecule has 9 heteroatoms. The zero-order valence-electron chi connectivity index (χ0n) is 12.4. The van der Waals surface area contributed by atoms with Gasteiger partial charge in [0, 0.05) is 12.6 Å². The quantitative estimate of drug-likeness (QED) is 0.742. The third kappa shape index (κ3) is 5.19. The monoisotopic (exact) mass is 341 g/mol. The lowest BCUT2D eigenvalue weighted by Crippen LogP contribution is -2.43. The van der Waals surface area contributed by atoms with E-state index in [1.165, 1.54) is 18.5 Å². The molecule has 2 atom stereocenters. The fourth-order valence-corrected chi connectivity index (χ4v) is 2.07. The number of rotatable bonds is 6. The minimum absolute atomic E-state index is 0.0198. The van der Waals surface area contributed by atoms with Crippen LogP contribution < -0.4 is 10.6 Å². The Morgan fingerprint density at radius 2 is 2.30 bits per heavy atom. The predicted octanol–water partition coefficient (Wildman–Crippen LogP) is 1.49. The lowest BCUT2D eigenvalue weighted by molar-refractivity contribution is 0.172. The molecule has 0 aliphatic heterocycles. The first kappa shape index (κ1) is 17.2. The molecule has 0 fully saturated rings. The second-order valence-electron chi connectivity index (χ2n) is 5.06. The van der Waals surface area contributed by atoms with Gasteiger partial charge in [0.05, 0.1) is 17.7 Å². The summed E-state index contributed by atoms with van der Waals surface area (Å²) in [6.45, 7) is 2.23. The highest BCUT2D eigenvalue weighted by atomic mass is 35.5. The summed E-state index contributed by atoms with van der Waals surface area (Å²) < 4.78 is 14.9. The van der Waals surface area contributed by atoms with Crippen molar-refractivity contribution in [2.75, 3.05) is 6.54 Å². The number of halogens is 2.